The van der Waals surface area contributed by atoms with Gasteiger partial charge in [0, 0.05) is 5.92 Å². The molecule has 0 saturated heterocycles. The molecule has 4 fully saturated rings. The molecule has 0 bridgehead atoms. The maximum absolute atomic E-state index is 12.3. The Morgan fingerprint density at radius 2 is 1.60 bits per heavy atom. The van der Waals surface area contributed by atoms with Crippen LogP contribution >= 0.6 is 0 Å². The van der Waals surface area contributed by atoms with Crippen molar-refractivity contribution in [2.45, 2.75) is 97.5 Å². The Morgan fingerprint density at radius 3 is 2.32 bits per heavy atom. The molecule has 0 radical (unpaired) electrons. The van der Waals surface area contributed by atoms with E-state index in [1.54, 1.807) is 0 Å². The lowest BCUT2D eigenvalue weighted by Gasteiger charge is -2.58. The molecule has 0 heterocycles. The van der Waals surface area contributed by atoms with E-state index in [9.17, 15) is 9.90 Å². The third-order valence-corrected chi connectivity index (χ3v) is 9.68. The van der Waals surface area contributed by atoms with Gasteiger partial charge < -0.3 is 5.11 Å². The van der Waals surface area contributed by atoms with Crippen LogP contribution in [0.2, 0.25) is 0 Å². The highest BCUT2D eigenvalue weighted by Gasteiger charge is 2.59. The number of carbonyl (C=O) groups is 1. The third kappa shape index (κ3) is 2.65. The van der Waals surface area contributed by atoms with Crippen LogP contribution in [0.1, 0.15) is 91.9 Å². The fourth-order valence-electron chi connectivity index (χ4n) is 8.34. The minimum absolute atomic E-state index is 0.259. The van der Waals surface area contributed by atoms with Crippen LogP contribution in [0.15, 0.2) is 0 Å². The lowest BCUT2D eigenvalue weighted by molar-refractivity contribution is -0.128. The molecule has 4 aliphatic carbocycles. The van der Waals surface area contributed by atoms with Crippen molar-refractivity contribution in [1.29, 1.82) is 0 Å². The second-order valence-electron chi connectivity index (χ2n) is 11.0. The quantitative estimate of drug-likeness (QED) is 0.692. The van der Waals surface area contributed by atoms with Crippen LogP contribution in [0.5, 0.6) is 0 Å². The normalized spacial score (nSPS) is 55.6. The molecule has 142 valence electrons. The van der Waals surface area contributed by atoms with Crippen molar-refractivity contribution in [3.05, 3.63) is 0 Å². The summed E-state index contributed by atoms with van der Waals surface area (Å²) >= 11 is 0. The molecule has 0 spiro atoms. The average molecular weight is 347 g/mol. The van der Waals surface area contributed by atoms with Crippen molar-refractivity contribution >= 4 is 5.78 Å². The van der Waals surface area contributed by atoms with Crippen molar-refractivity contribution in [3.63, 3.8) is 0 Å². The van der Waals surface area contributed by atoms with E-state index in [0.29, 0.717) is 23.0 Å². The molecule has 0 aromatic carbocycles. The summed E-state index contributed by atoms with van der Waals surface area (Å²) < 4.78 is 0. The molecule has 0 amide bonds. The molecule has 4 aliphatic rings. The van der Waals surface area contributed by atoms with Crippen molar-refractivity contribution < 1.29 is 9.90 Å². The zero-order valence-corrected chi connectivity index (χ0v) is 16.8. The van der Waals surface area contributed by atoms with E-state index >= 15 is 0 Å². The van der Waals surface area contributed by atoms with Crippen LogP contribution in [-0.2, 0) is 4.79 Å². The number of aliphatic hydroxyl groups is 1. The van der Waals surface area contributed by atoms with E-state index in [-0.39, 0.29) is 5.41 Å². The first-order valence-electron chi connectivity index (χ1n) is 10.9. The smallest absolute Gasteiger partial charge is 0.133 e. The zero-order valence-electron chi connectivity index (χ0n) is 16.8. The Bertz CT molecular complexity index is 552. The predicted octanol–water partition coefficient (Wildman–Crippen LogP) is 5.38. The van der Waals surface area contributed by atoms with Crippen LogP contribution in [0.3, 0.4) is 0 Å². The summed E-state index contributed by atoms with van der Waals surface area (Å²) in [6, 6.07) is 0. The Hall–Kier alpha value is -0.370. The second kappa shape index (κ2) is 5.81. The van der Waals surface area contributed by atoms with Crippen LogP contribution in [0.4, 0.5) is 0 Å². The number of hydrogen-bond acceptors (Lipinski definition) is 2. The topological polar surface area (TPSA) is 37.3 Å². The summed E-state index contributed by atoms with van der Waals surface area (Å²) in [5.74, 6) is 3.85. The summed E-state index contributed by atoms with van der Waals surface area (Å²) in [6.07, 6.45) is 12.1. The molecular formula is C23H38O2. The molecule has 8 atom stereocenters. The average Bonchev–Trinajstić information content (AvgIpc) is 2.78. The first-order valence-corrected chi connectivity index (χ1v) is 10.9. The number of ketones is 1. The molecule has 2 heteroatoms. The predicted molar refractivity (Wildman–Crippen MR) is 101 cm³/mol. The van der Waals surface area contributed by atoms with Gasteiger partial charge in [0.2, 0.25) is 0 Å². The highest BCUT2D eigenvalue weighted by molar-refractivity contribution is 5.79. The van der Waals surface area contributed by atoms with Crippen molar-refractivity contribution in [2.24, 2.45) is 40.4 Å². The first kappa shape index (κ1) is 18.0. The maximum atomic E-state index is 12.3. The van der Waals surface area contributed by atoms with Gasteiger partial charge in [0.1, 0.15) is 5.78 Å². The van der Waals surface area contributed by atoms with Gasteiger partial charge in [-0.2, -0.15) is 0 Å². The molecule has 0 aromatic heterocycles. The minimum Gasteiger partial charge on any atom is -0.390 e. The molecule has 2 nitrogen and oxygen atoms in total. The van der Waals surface area contributed by atoms with E-state index in [1.807, 2.05) is 6.92 Å². The van der Waals surface area contributed by atoms with Crippen LogP contribution in [0.25, 0.3) is 0 Å². The van der Waals surface area contributed by atoms with Crippen molar-refractivity contribution in [1.82, 2.24) is 0 Å². The molecule has 25 heavy (non-hydrogen) atoms. The molecule has 1 N–H and O–H groups in total. The van der Waals surface area contributed by atoms with Crippen LogP contribution in [0, 0.1) is 40.4 Å². The van der Waals surface area contributed by atoms with Gasteiger partial charge in [-0.15, -0.1) is 0 Å². The zero-order chi connectivity index (χ0) is 18.0. The van der Waals surface area contributed by atoms with Gasteiger partial charge in [-0.1, -0.05) is 20.3 Å². The number of Topliss-reactive ketones (excluding diaryl/α,β-unsaturated/α-hetero) is 1. The van der Waals surface area contributed by atoms with Gasteiger partial charge in [0.15, 0.2) is 0 Å². The highest BCUT2D eigenvalue weighted by Crippen LogP contribution is 2.66. The Morgan fingerprint density at radius 1 is 0.880 bits per heavy atom. The second-order valence-corrected chi connectivity index (χ2v) is 11.0. The van der Waals surface area contributed by atoms with E-state index in [0.717, 1.165) is 37.0 Å². The molecule has 0 aliphatic heterocycles. The van der Waals surface area contributed by atoms with Gasteiger partial charge >= 0.3 is 0 Å². The van der Waals surface area contributed by atoms with E-state index < -0.39 is 5.60 Å². The fraction of sp³-hybridized carbons (Fsp3) is 0.957. The standard InChI is InChI=1S/C23H38O2/c1-15(24)18-9-10-20-17-8-7-16-14-21(2,25)12-13-22(16,3)19(17)6-5-11-23(18,20)4/h16-20,25H,5-14H2,1-4H3/t16-,17+,18+,19-,20-,21+,22-,23+/m0/s1. The van der Waals surface area contributed by atoms with E-state index in [2.05, 4.69) is 20.8 Å². The lowest BCUT2D eigenvalue weighted by atomic mass is 9.48. The maximum Gasteiger partial charge on any atom is 0.133 e. The molecule has 4 saturated carbocycles. The van der Waals surface area contributed by atoms with Gasteiger partial charge in [-0.05, 0) is 106 Å². The monoisotopic (exact) mass is 346 g/mol. The molecule has 0 unspecified atom stereocenters. The molecular weight excluding hydrogens is 308 g/mol. The van der Waals surface area contributed by atoms with Crippen LogP contribution < -0.4 is 0 Å². The number of fused-ring (bicyclic) bond motifs is 5. The molecule has 4 rings (SSSR count). The number of carbonyl (C=O) groups excluding carboxylic acids is 1. The summed E-state index contributed by atoms with van der Waals surface area (Å²) in [7, 11) is 0. The lowest BCUT2D eigenvalue weighted by Crippen LogP contribution is -2.52. The van der Waals surface area contributed by atoms with Crippen molar-refractivity contribution in [3.8, 4) is 0 Å². The Balaban J connectivity index is 1.64. The summed E-state index contributed by atoms with van der Waals surface area (Å²) in [5.41, 5.74) is 0.239. The molecule has 0 aromatic rings. The first-order chi connectivity index (χ1) is 11.7. The third-order valence-electron chi connectivity index (χ3n) is 9.68. The Kier molecular flexibility index (Phi) is 4.19. The van der Waals surface area contributed by atoms with Crippen molar-refractivity contribution in [2.75, 3.05) is 0 Å². The number of hydrogen-bond donors (Lipinski definition) is 1. The van der Waals surface area contributed by atoms with E-state index in [4.69, 9.17) is 0 Å². The van der Waals surface area contributed by atoms with E-state index in [1.165, 1.54) is 44.9 Å². The van der Waals surface area contributed by atoms with Gasteiger partial charge in [0.05, 0.1) is 5.60 Å². The van der Waals surface area contributed by atoms with Gasteiger partial charge in [-0.3, -0.25) is 4.79 Å². The highest BCUT2D eigenvalue weighted by atomic mass is 16.3. The fourth-order valence-corrected chi connectivity index (χ4v) is 8.34. The van der Waals surface area contributed by atoms with Gasteiger partial charge in [0.25, 0.3) is 0 Å². The Labute approximate surface area is 154 Å². The SMILES string of the molecule is CC(=O)[C@H]1CC[C@H]2[C@@H]3CC[C@H]4C[C@](C)(O)CC[C@]4(C)[C@H]3CCC[C@]12C. The summed E-state index contributed by atoms with van der Waals surface area (Å²) in [6.45, 7) is 8.91. The van der Waals surface area contributed by atoms with Crippen LogP contribution in [-0.4, -0.2) is 16.5 Å². The minimum atomic E-state index is -0.441. The number of rotatable bonds is 1. The largest absolute Gasteiger partial charge is 0.390 e. The van der Waals surface area contributed by atoms with Gasteiger partial charge in [-0.25, -0.2) is 0 Å². The summed E-state index contributed by atoms with van der Waals surface area (Å²) in [4.78, 5) is 12.3. The summed E-state index contributed by atoms with van der Waals surface area (Å²) in [5, 5.41) is 10.6.